The molecule has 74 valence electrons. The number of nitro groups is 1. The van der Waals surface area contributed by atoms with Gasteiger partial charge in [0.15, 0.2) is 0 Å². The first-order valence-corrected chi connectivity index (χ1v) is 3.59. The van der Waals surface area contributed by atoms with E-state index in [1.165, 1.54) is 6.20 Å². The number of aromatic amines is 1. The molecule has 0 bridgehead atoms. The number of hydrogen-bond donors (Lipinski definition) is 2. The number of carboxylic acid groups (broad SMARTS) is 1. The topological polar surface area (TPSA) is 113 Å². The number of pyridine rings is 1. The van der Waals surface area contributed by atoms with Crippen molar-refractivity contribution in [1.29, 1.82) is 0 Å². The zero-order chi connectivity index (χ0) is 10.7. The first-order valence-electron chi connectivity index (χ1n) is 3.59. The van der Waals surface area contributed by atoms with Gasteiger partial charge in [-0.05, 0) is 0 Å². The molecule has 1 aromatic heterocycles. The predicted molar refractivity (Wildman–Crippen MR) is 45.1 cm³/mol. The van der Waals surface area contributed by atoms with Crippen LogP contribution in [0.3, 0.4) is 0 Å². The number of nitrogens with one attached hydrogen (secondary N) is 1. The van der Waals surface area contributed by atoms with Crippen molar-refractivity contribution in [1.82, 2.24) is 4.98 Å². The molecular weight excluding hydrogens is 192 g/mol. The Hall–Kier alpha value is -2.18. The summed E-state index contributed by atoms with van der Waals surface area (Å²) in [6, 6.07) is 0.976. The van der Waals surface area contributed by atoms with E-state index in [1.54, 1.807) is 0 Å². The van der Waals surface area contributed by atoms with E-state index in [4.69, 9.17) is 5.11 Å². The highest BCUT2D eigenvalue weighted by Gasteiger charge is 2.20. The molecule has 14 heavy (non-hydrogen) atoms. The molecule has 1 rings (SSSR count). The van der Waals surface area contributed by atoms with Gasteiger partial charge in [-0.1, -0.05) is 0 Å². The summed E-state index contributed by atoms with van der Waals surface area (Å²) in [6.45, 7) is 0. The lowest BCUT2D eigenvalue weighted by atomic mass is 10.2. The first kappa shape index (κ1) is 9.90. The summed E-state index contributed by atoms with van der Waals surface area (Å²) >= 11 is 0. The summed E-state index contributed by atoms with van der Waals surface area (Å²) in [7, 11) is 0. The number of aliphatic carboxylic acids is 1. The molecule has 1 aromatic rings. The lowest BCUT2D eigenvalue weighted by Crippen LogP contribution is -2.14. The Morgan fingerprint density at radius 2 is 2.29 bits per heavy atom. The molecular formula is C7H6N2O5. The van der Waals surface area contributed by atoms with Crippen LogP contribution in [0, 0.1) is 10.1 Å². The van der Waals surface area contributed by atoms with Crippen LogP contribution in [-0.4, -0.2) is 21.0 Å². The van der Waals surface area contributed by atoms with E-state index in [0.717, 1.165) is 6.07 Å². The molecule has 0 aliphatic heterocycles. The second kappa shape index (κ2) is 3.69. The maximum absolute atomic E-state index is 11.0. The molecule has 0 aliphatic carbocycles. The Kier molecular flexibility index (Phi) is 2.61. The predicted octanol–water partition coefficient (Wildman–Crippen LogP) is -0.0898. The van der Waals surface area contributed by atoms with Crippen molar-refractivity contribution in [2.75, 3.05) is 0 Å². The van der Waals surface area contributed by atoms with Crippen LogP contribution in [0.15, 0.2) is 17.1 Å². The maximum atomic E-state index is 11.0. The zero-order valence-electron chi connectivity index (χ0n) is 6.89. The first-order chi connectivity index (χ1) is 6.52. The van der Waals surface area contributed by atoms with Gasteiger partial charge in [-0.2, -0.15) is 0 Å². The molecule has 0 unspecified atom stereocenters. The van der Waals surface area contributed by atoms with Gasteiger partial charge in [0.25, 0.3) is 5.43 Å². The Morgan fingerprint density at radius 3 is 2.79 bits per heavy atom. The number of rotatable bonds is 3. The Morgan fingerprint density at radius 1 is 1.64 bits per heavy atom. The Bertz CT molecular complexity index is 436. The minimum atomic E-state index is -1.24. The number of carbonyl (C=O) groups is 1. The van der Waals surface area contributed by atoms with Crippen LogP contribution >= 0.6 is 0 Å². The van der Waals surface area contributed by atoms with Crippen LogP contribution in [0.2, 0.25) is 0 Å². The third kappa shape index (κ3) is 1.94. The number of H-pyrrole nitrogens is 1. The van der Waals surface area contributed by atoms with E-state index in [-0.39, 0.29) is 5.69 Å². The van der Waals surface area contributed by atoms with Gasteiger partial charge in [0.1, 0.15) is 5.69 Å². The summed E-state index contributed by atoms with van der Waals surface area (Å²) < 4.78 is 0. The van der Waals surface area contributed by atoms with E-state index in [1.807, 2.05) is 0 Å². The fourth-order valence-electron chi connectivity index (χ4n) is 1.00. The molecule has 0 aromatic carbocycles. The molecule has 0 atom stereocenters. The van der Waals surface area contributed by atoms with Crippen LogP contribution in [0.5, 0.6) is 0 Å². The molecule has 0 fully saturated rings. The highest BCUT2D eigenvalue weighted by atomic mass is 16.6. The van der Waals surface area contributed by atoms with Gasteiger partial charge < -0.3 is 10.1 Å². The summed E-state index contributed by atoms with van der Waals surface area (Å²) in [5.41, 5.74) is -1.71. The number of hydrogen-bond acceptors (Lipinski definition) is 4. The number of carboxylic acids is 1. The van der Waals surface area contributed by atoms with Crippen LogP contribution in [-0.2, 0) is 11.2 Å². The van der Waals surface area contributed by atoms with Gasteiger partial charge >= 0.3 is 11.7 Å². The van der Waals surface area contributed by atoms with Crippen molar-refractivity contribution in [2.45, 2.75) is 6.42 Å². The van der Waals surface area contributed by atoms with E-state index in [9.17, 15) is 19.7 Å². The molecule has 0 spiro atoms. The molecule has 2 N–H and O–H groups in total. The van der Waals surface area contributed by atoms with Crippen molar-refractivity contribution in [3.05, 3.63) is 38.3 Å². The summed E-state index contributed by atoms with van der Waals surface area (Å²) in [4.78, 5) is 33.2. The van der Waals surface area contributed by atoms with Crippen molar-refractivity contribution >= 4 is 11.7 Å². The molecule has 7 nitrogen and oxygen atoms in total. The second-order valence-electron chi connectivity index (χ2n) is 2.50. The number of nitrogens with zero attached hydrogens (tertiary/aromatic N) is 1. The van der Waals surface area contributed by atoms with Crippen molar-refractivity contribution in [3.63, 3.8) is 0 Å². The Balaban J connectivity index is 3.28. The summed E-state index contributed by atoms with van der Waals surface area (Å²) in [6.07, 6.45) is 0.597. The summed E-state index contributed by atoms with van der Waals surface area (Å²) in [5.74, 6) is -1.24. The highest BCUT2D eigenvalue weighted by Crippen LogP contribution is 2.09. The molecule has 0 aliphatic rings. The molecule has 0 radical (unpaired) electrons. The van der Waals surface area contributed by atoms with E-state index in [2.05, 4.69) is 4.98 Å². The Labute approximate surface area is 77.2 Å². The van der Waals surface area contributed by atoms with Gasteiger partial charge in [0, 0.05) is 12.3 Å². The molecule has 1 heterocycles. The van der Waals surface area contributed by atoms with Gasteiger partial charge in [-0.15, -0.1) is 0 Å². The van der Waals surface area contributed by atoms with Gasteiger partial charge in [0.05, 0.1) is 11.3 Å². The molecule has 7 heteroatoms. The highest BCUT2D eigenvalue weighted by molar-refractivity contribution is 5.71. The smallest absolute Gasteiger partial charge is 0.335 e. The van der Waals surface area contributed by atoms with Crippen LogP contribution in [0.4, 0.5) is 5.69 Å². The lowest BCUT2D eigenvalue weighted by Gasteiger charge is -1.97. The van der Waals surface area contributed by atoms with Crippen LogP contribution in [0.1, 0.15) is 5.69 Å². The lowest BCUT2D eigenvalue weighted by molar-refractivity contribution is -0.387. The average molecular weight is 198 g/mol. The normalized spacial score (nSPS) is 9.71. The van der Waals surface area contributed by atoms with Gasteiger partial charge in [0.2, 0.25) is 0 Å². The van der Waals surface area contributed by atoms with Crippen LogP contribution in [0.25, 0.3) is 0 Å². The third-order valence-corrected chi connectivity index (χ3v) is 1.52. The summed E-state index contributed by atoms with van der Waals surface area (Å²) in [5, 5.41) is 18.8. The largest absolute Gasteiger partial charge is 0.481 e. The standard InChI is InChI=1S/C7H6N2O5/c10-5-1-2-8-4(3-6(11)12)7(5)9(13)14/h1-2H,3H2,(H,8,10)(H,11,12). The van der Waals surface area contributed by atoms with Crippen molar-refractivity contribution in [3.8, 4) is 0 Å². The van der Waals surface area contributed by atoms with Crippen molar-refractivity contribution < 1.29 is 14.8 Å². The SMILES string of the molecule is O=C(O)Cc1[nH]ccc(=O)c1[N+](=O)[O-]. The number of aromatic nitrogens is 1. The van der Waals surface area contributed by atoms with E-state index >= 15 is 0 Å². The molecule has 0 saturated heterocycles. The fraction of sp³-hybridized carbons (Fsp3) is 0.143. The molecule has 0 saturated carbocycles. The quantitative estimate of drug-likeness (QED) is 0.520. The second-order valence-corrected chi connectivity index (χ2v) is 2.50. The van der Waals surface area contributed by atoms with Gasteiger partial charge in [-0.3, -0.25) is 19.7 Å². The third-order valence-electron chi connectivity index (χ3n) is 1.52. The van der Waals surface area contributed by atoms with Crippen molar-refractivity contribution in [2.24, 2.45) is 0 Å². The van der Waals surface area contributed by atoms with Crippen LogP contribution < -0.4 is 5.43 Å². The zero-order valence-corrected chi connectivity index (χ0v) is 6.89. The monoisotopic (exact) mass is 198 g/mol. The van der Waals surface area contributed by atoms with Gasteiger partial charge in [-0.25, -0.2) is 0 Å². The molecule has 0 amide bonds. The minimum absolute atomic E-state index is 0.199. The maximum Gasteiger partial charge on any atom is 0.335 e. The van der Waals surface area contributed by atoms with E-state index in [0.29, 0.717) is 0 Å². The minimum Gasteiger partial charge on any atom is -0.481 e. The average Bonchev–Trinajstić information content (AvgIpc) is 2.01. The van der Waals surface area contributed by atoms with E-state index < -0.39 is 28.4 Å². The fourth-order valence-corrected chi connectivity index (χ4v) is 1.00.